The van der Waals surface area contributed by atoms with Gasteiger partial charge in [0, 0.05) is 13.2 Å². The van der Waals surface area contributed by atoms with Gasteiger partial charge < -0.3 is 15.8 Å². The molecule has 0 aromatic heterocycles. The molecule has 1 heterocycles. The maximum absolute atomic E-state index is 11.3. The molecule has 4 nitrogen and oxygen atoms in total. The topological polar surface area (TPSA) is 64.4 Å². The van der Waals surface area contributed by atoms with Gasteiger partial charge in [0.2, 0.25) is 5.91 Å². The number of halogens is 1. The van der Waals surface area contributed by atoms with E-state index in [1.54, 1.807) is 0 Å². The van der Waals surface area contributed by atoms with E-state index in [1.165, 1.54) is 12.8 Å². The van der Waals surface area contributed by atoms with Crippen LogP contribution in [0.1, 0.15) is 39.0 Å². The van der Waals surface area contributed by atoms with Crippen LogP contribution in [0.15, 0.2) is 0 Å². The molecule has 0 saturated carbocycles. The summed E-state index contributed by atoms with van der Waals surface area (Å²) in [4.78, 5) is 11.3. The van der Waals surface area contributed by atoms with Gasteiger partial charge >= 0.3 is 0 Å². The summed E-state index contributed by atoms with van der Waals surface area (Å²) in [5, 5.41) is 2.84. The summed E-state index contributed by atoms with van der Waals surface area (Å²) in [6.45, 7) is 3.46. The molecule has 1 fully saturated rings. The van der Waals surface area contributed by atoms with Crippen molar-refractivity contribution in [3.05, 3.63) is 0 Å². The fourth-order valence-electron chi connectivity index (χ4n) is 1.71. The second kappa shape index (κ2) is 8.79. The summed E-state index contributed by atoms with van der Waals surface area (Å²) in [5.74, 6) is -0.0479. The third-order valence-corrected chi connectivity index (χ3v) is 2.82. The summed E-state index contributed by atoms with van der Waals surface area (Å²) in [6, 6.07) is -0.364. The van der Waals surface area contributed by atoms with E-state index in [-0.39, 0.29) is 24.4 Å². The second-order valence-electron chi connectivity index (χ2n) is 4.08. The van der Waals surface area contributed by atoms with Crippen molar-refractivity contribution in [3.63, 3.8) is 0 Å². The highest BCUT2D eigenvalue weighted by molar-refractivity contribution is 5.85. The molecular formula is C11H23ClN2O2. The van der Waals surface area contributed by atoms with Crippen LogP contribution in [0.5, 0.6) is 0 Å². The van der Waals surface area contributed by atoms with Gasteiger partial charge in [-0.3, -0.25) is 4.79 Å². The number of hydrogen-bond acceptors (Lipinski definition) is 3. The van der Waals surface area contributed by atoms with E-state index in [2.05, 4.69) is 5.32 Å². The van der Waals surface area contributed by atoms with Crippen molar-refractivity contribution in [1.82, 2.24) is 5.32 Å². The molecule has 96 valence electrons. The Bertz CT molecular complexity index is 196. The van der Waals surface area contributed by atoms with Crippen molar-refractivity contribution >= 4 is 18.3 Å². The Morgan fingerprint density at radius 1 is 1.56 bits per heavy atom. The highest BCUT2D eigenvalue weighted by Gasteiger charge is 2.15. The molecule has 1 saturated heterocycles. The zero-order valence-electron chi connectivity index (χ0n) is 9.91. The fourth-order valence-corrected chi connectivity index (χ4v) is 1.71. The van der Waals surface area contributed by atoms with Crippen LogP contribution in [-0.4, -0.2) is 31.2 Å². The molecule has 2 atom stereocenters. The first-order chi connectivity index (χ1) is 7.24. The molecule has 0 radical (unpaired) electrons. The number of amides is 1. The molecule has 16 heavy (non-hydrogen) atoms. The number of carbonyl (C=O) groups is 1. The first-order valence-electron chi connectivity index (χ1n) is 5.89. The Balaban J connectivity index is 0.00000225. The molecular weight excluding hydrogens is 228 g/mol. The van der Waals surface area contributed by atoms with Crippen molar-refractivity contribution in [2.45, 2.75) is 51.2 Å². The van der Waals surface area contributed by atoms with E-state index in [1.807, 2.05) is 6.92 Å². The van der Waals surface area contributed by atoms with Gasteiger partial charge in [-0.05, 0) is 32.1 Å². The lowest BCUT2D eigenvalue weighted by molar-refractivity contribution is -0.122. The third-order valence-electron chi connectivity index (χ3n) is 2.82. The van der Waals surface area contributed by atoms with Crippen LogP contribution >= 0.6 is 12.4 Å². The summed E-state index contributed by atoms with van der Waals surface area (Å²) < 4.78 is 5.56. The Morgan fingerprint density at radius 2 is 2.31 bits per heavy atom. The molecule has 0 aromatic rings. The Kier molecular flexibility index (Phi) is 8.61. The van der Waals surface area contributed by atoms with Gasteiger partial charge in [0.25, 0.3) is 0 Å². The van der Waals surface area contributed by atoms with Gasteiger partial charge in [0.15, 0.2) is 0 Å². The number of hydrogen-bond donors (Lipinski definition) is 2. The monoisotopic (exact) mass is 250 g/mol. The van der Waals surface area contributed by atoms with Crippen LogP contribution < -0.4 is 11.1 Å². The normalized spacial score (nSPS) is 22.0. The molecule has 1 amide bonds. The molecule has 0 spiro atoms. The number of nitrogens with two attached hydrogens (primary N) is 1. The van der Waals surface area contributed by atoms with Crippen molar-refractivity contribution in [2.75, 3.05) is 13.2 Å². The highest BCUT2D eigenvalue weighted by atomic mass is 35.5. The van der Waals surface area contributed by atoms with Crippen molar-refractivity contribution in [3.8, 4) is 0 Å². The SMILES string of the molecule is CC[C@H](N)C(=O)NCCC1CCCCO1.Cl. The number of carbonyl (C=O) groups excluding carboxylic acids is 1. The summed E-state index contributed by atoms with van der Waals surface area (Å²) in [5.41, 5.74) is 5.59. The van der Waals surface area contributed by atoms with E-state index >= 15 is 0 Å². The molecule has 0 aliphatic carbocycles. The van der Waals surface area contributed by atoms with Crippen molar-refractivity contribution in [1.29, 1.82) is 0 Å². The van der Waals surface area contributed by atoms with Gasteiger partial charge in [-0.25, -0.2) is 0 Å². The number of rotatable bonds is 5. The number of ether oxygens (including phenoxy) is 1. The minimum atomic E-state index is -0.364. The van der Waals surface area contributed by atoms with Gasteiger partial charge in [-0.15, -0.1) is 12.4 Å². The van der Waals surface area contributed by atoms with Crippen LogP contribution in [-0.2, 0) is 9.53 Å². The third kappa shape index (κ3) is 5.68. The summed E-state index contributed by atoms with van der Waals surface area (Å²) >= 11 is 0. The lowest BCUT2D eigenvalue weighted by Crippen LogP contribution is -2.41. The van der Waals surface area contributed by atoms with E-state index in [0.717, 1.165) is 19.4 Å². The molecule has 1 unspecified atom stereocenters. The maximum Gasteiger partial charge on any atom is 0.236 e. The first-order valence-corrected chi connectivity index (χ1v) is 5.89. The Morgan fingerprint density at radius 3 is 2.88 bits per heavy atom. The highest BCUT2D eigenvalue weighted by Crippen LogP contribution is 2.14. The summed E-state index contributed by atoms with van der Waals surface area (Å²) in [7, 11) is 0. The molecule has 1 aliphatic heterocycles. The van der Waals surface area contributed by atoms with Crippen molar-refractivity contribution in [2.24, 2.45) is 5.73 Å². The molecule has 1 rings (SSSR count). The molecule has 0 aromatic carbocycles. The average Bonchev–Trinajstić information content (AvgIpc) is 2.29. The van der Waals surface area contributed by atoms with Gasteiger partial charge in [0.1, 0.15) is 0 Å². The Hall–Kier alpha value is -0.320. The lowest BCUT2D eigenvalue weighted by atomic mass is 10.1. The van der Waals surface area contributed by atoms with Gasteiger partial charge in [-0.2, -0.15) is 0 Å². The minimum absolute atomic E-state index is 0. The van der Waals surface area contributed by atoms with Crippen LogP contribution in [0.4, 0.5) is 0 Å². The number of nitrogens with one attached hydrogen (secondary N) is 1. The van der Waals surface area contributed by atoms with Crippen LogP contribution in [0.2, 0.25) is 0 Å². The Labute approximate surface area is 104 Å². The molecule has 5 heteroatoms. The van der Waals surface area contributed by atoms with E-state index in [9.17, 15) is 4.79 Å². The van der Waals surface area contributed by atoms with Crippen LogP contribution in [0.25, 0.3) is 0 Å². The molecule has 3 N–H and O–H groups in total. The van der Waals surface area contributed by atoms with Gasteiger partial charge in [-0.1, -0.05) is 6.92 Å². The second-order valence-corrected chi connectivity index (χ2v) is 4.08. The average molecular weight is 251 g/mol. The van der Waals surface area contributed by atoms with E-state index in [4.69, 9.17) is 10.5 Å². The van der Waals surface area contributed by atoms with E-state index in [0.29, 0.717) is 19.1 Å². The van der Waals surface area contributed by atoms with Crippen LogP contribution in [0, 0.1) is 0 Å². The lowest BCUT2D eigenvalue weighted by Gasteiger charge is -2.22. The zero-order valence-corrected chi connectivity index (χ0v) is 10.7. The van der Waals surface area contributed by atoms with Crippen LogP contribution in [0.3, 0.4) is 0 Å². The molecule has 1 aliphatic rings. The zero-order chi connectivity index (χ0) is 11.1. The van der Waals surface area contributed by atoms with Gasteiger partial charge in [0.05, 0.1) is 12.1 Å². The fraction of sp³-hybridized carbons (Fsp3) is 0.909. The van der Waals surface area contributed by atoms with E-state index < -0.39 is 0 Å². The standard InChI is InChI=1S/C11H22N2O2.ClH/c1-2-10(12)11(14)13-7-6-9-5-3-4-8-15-9;/h9-10H,2-8,12H2,1H3,(H,13,14);1H/t9?,10-;/m0./s1. The summed E-state index contributed by atoms with van der Waals surface area (Å²) in [6.07, 6.45) is 5.46. The predicted molar refractivity (Wildman–Crippen MR) is 66.7 cm³/mol. The smallest absolute Gasteiger partial charge is 0.236 e. The minimum Gasteiger partial charge on any atom is -0.378 e. The maximum atomic E-state index is 11.3. The predicted octanol–water partition coefficient (Wildman–Crippen LogP) is 1.22. The van der Waals surface area contributed by atoms with Crippen molar-refractivity contribution < 1.29 is 9.53 Å². The first kappa shape index (κ1) is 15.7. The largest absolute Gasteiger partial charge is 0.378 e. The molecule has 0 bridgehead atoms. The quantitative estimate of drug-likeness (QED) is 0.771.